The standard InChI is InChI=1S/C17H22N4O3/c1-5-24-16(22)13-8-6-7-9-15(13)19-17(23)18-10-14-11(2)20-21(4)12(14)3/h6-9H,5,10H2,1-4H3,(H2,18,19,23). The van der Waals surface area contributed by atoms with Crippen LogP contribution >= 0.6 is 0 Å². The molecule has 0 fully saturated rings. The summed E-state index contributed by atoms with van der Waals surface area (Å²) in [4.78, 5) is 24.1. The van der Waals surface area contributed by atoms with Crippen molar-refractivity contribution >= 4 is 17.7 Å². The zero-order chi connectivity index (χ0) is 17.7. The molecule has 7 heteroatoms. The molecule has 24 heavy (non-hydrogen) atoms. The predicted octanol–water partition coefficient (Wildman–Crippen LogP) is 2.54. The molecular weight excluding hydrogens is 308 g/mol. The van der Waals surface area contributed by atoms with Crippen LogP contribution in [0.15, 0.2) is 24.3 Å². The molecule has 0 aliphatic heterocycles. The molecule has 2 aromatic rings. The third kappa shape index (κ3) is 3.92. The maximum atomic E-state index is 12.1. The Morgan fingerprint density at radius 1 is 1.25 bits per heavy atom. The van der Waals surface area contributed by atoms with E-state index in [4.69, 9.17) is 4.74 Å². The highest BCUT2D eigenvalue weighted by atomic mass is 16.5. The lowest BCUT2D eigenvalue weighted by Crippen LogP contribution is -2.29. The highest BCUT2D eigenvalue weighted by molar-refractivity contribution is 6.00. The van der Waals surface area contributed by atoms with E-state index in [0.29, 0.717) is 17.8 Å². The fraction of sp³-hybridized carbons (Fsp3) is 0.353. The first kappa shape index (κ1) is 17.5. The first-order chi connectivity index (χ1) is 11.4. The summed E-state index contributed by atoms with van der Waals surface area (Å²) in [6, 6.07) is 6.34. The summed E-state index contributed by atoms with van der Waals surface area (Å²) >= 11 is 0. The number of benzene rings is 1. The number of carbonyl (C=O) groups is 2. The lowest BCUT2D eigenvalue weighted by Gasteiger charge is -2.11. The number of aromatic nitrogens is 2. The third-order valence-electron chi connectivity index (χ3n) is 3.76. The minimum absolute atomic E-state index is 0.277. The van der Waals surface area contributed by atoms with Gasteiger partial charge < -0.3 is 15.4 Å². The van der Waals surface area contributed by atoms with Crippen LogP contribution < -0.4 is 10.6 Å². The monoisotopic (exact) mass is 330 g/mol. The molecule has 0 saturated carbocycles. The first-order valence-electron chi connectivity index (χ1n) is 7.74. The number of carbonyl (C=O) groups excluding carboxylic acids is 2. The maximum Gasteiger partial charge on any atom is 0.340 e. The Hall–Kier alpha value is -2.83. The number of nitrogens with zero attached hydrogens (tertiary/aromatic N) is 2. The largest absolute Gasteiger partial charge is 0.462 e. The minimum atomic E-state index is -0.465. The van der Waals surface area contributed by atoms with Crippen LogP contribution in [-0.4, -0.2) is 28.4 Å². The Kier molecular flexibility index (Phi) is 5.57. The van der Waals surface area contributed by atoms with Crippen LogP contribution in [0, 0.1) is 13.8 Å². The molecule has 0 spiro atoms. The molecular formula is C17H22N4O3. The topological polar surface area (TPSA) is 85.2 Å². The predicted molar refractivity (Wildman–Crippen MR) is 90.9 cm³/mol. The van der Waals surface area contributed by atoms with Crippen LogP contribution in [0.5, 0.6) is 0 Å². The van der Waals surface area contributed by atoms with Gasteiger partial charge >= 0.3 is 12.0 Å². The molecule has 0 bridgehead atoms. The van der Waals surface area contributed by atoms with Crippen LogP contribution in [0.25, 0.3) is 0 Å². The van der Waals surface area contributed by atoms with Gasteiger partial charge in [0.25, 0.3) is 0 Å². The summed E-state index contributed by atoms with van der Waals surface area (Å²) in [5, 5.41) is 9.79. The lowest BCUT2D eigenvalue weighted by molar-refractivity contribution is 0.0527. The average molecular weight is 330 g/mol. The van der Waals surface area contributed by atoms with Gasteiger partial charge in [0, 0.05) is 24.8 Å². The van der Waals surface area contributed by atoms with E-state index in [0.717, 1.165) is 17.0 Å². The van der Waals surface area contributed by atoms with Crippen LogP contribution in [0.3, 0.4) is 0 Å². The second kappa shape index (κ2) is 7.63. The van der Waals surface area contributed by atoms with E-state index in [1.165, 1.54) is 0 Å². The van der Waals surface area contributed by atoms with E-state index in [2.05, 4.69) is 15.7 Å². The van der Waals surface area contributed by atoms with Crippen molar-refractivity contribution in [2.24, 2.45) is 7.05 Å². The highest BCUT2D eigenvalue weighted by Gasteiger charge is 2.15. The van der Waals surface area contributed by atoms with Gasteiger partial charge in [0.1, 0.15) is 0 Å². The van der Waals surface area contributed by atoms with Gasteiger partial charge in [-0.2, -0.15) is 5.10 Å². The molecule has 0 unspecified atom stereocenters. The molecule has 2 amide bonds. The van der Waals surface area contributed by atoms with Crippen molar-refractivity contribution in [2.45, 2.75) is 27.3 Å². The van der Waals surface area contributed by atoms with E-state index in [9.17, 15) is 9.59 Å². The van der Waals surface area contributed by atoms with Crippen molar-refractivity contribution < 1.29 is 14.3 Å². The van der Waals surface area contributed by atoms with Gasteiger partial charge in [-0.3, -0.25) is 4.68 Å². The van der Waals surface area contributed by atoms with Gasteiger partial charge in [0.05, 0.1) is 23.6 Å². The lowest BCUT2D eigenvalue weighted by atomic mass is 10.2. The smallest absolute Gasteiger partial charge is 0.340 e. The van der Waals surface area contributed by atoms with E-state index in [1.54, 1.807) is 35.9 Å². The molecule has 1 aromatic carbocycles. The summed E-state index contributed by atoms with van der Waals surface area (Å²) in [6.45, 7) is 6.22. The normalized spacial score (nSPS) is 10.3. The van der Waals surface area contributed by atoms with E-state index < -0.39 is 12.0 Å². The molecule has 0 atom stereocenters. The number of hydrogen-bond donors (Lipinski definition) is 2. The third-order valence-corrected chi connectivity index (χ3v) is 3.76. The van der Waals surface area contributed by atoms with E-state index in [-0.39, 0.29) is 6.61 Å². The van der Waals surface area contributed by atoms with Gasteiger partial charge in [-0.1, -0.05) is 12.1 Å². The van der Waals surface area contributed by atoms with Crippen molar-refractivity contribution in [3.63, 3.8) is 0 Å². The Bertz CT molecular complexity index is 752. The molecule has 0 radical (unpaired) electrons. The molecule has 1 heterocycles. The SMILES string of the molecule is CCOC(=O)c1ccccc1NC(=O)NCc1c(C)nn(C)c1C. The van der Waals surface area contributed by atoms with Gasteiger partial charge in [0.15, 0.2) is 0 Å². The Morgan fingerprint density at radius 3 is 2.58 bits per heavy atom. The number of aryl methyl sites for hydroxylation is 2. The van der Waals surface area contributed by atoms with Crippen LogP contribution in [0.2, 0.25) is 0 Å². The van der Waals surface area contributed by atoms with Crippen molar-refractivity contribution in [2.75, 3.05) is 11.9 Å². The number of urea groups is 1. The van der Waals surface area contributed by atoms with Crippen LogP contribution in [0.4, 0.5) is 10.5 Å². The quantitative estimate of drug-likeness (QED) is 0.825. The van der Waals surface area contributed by atoms with E-state index in [1.807, 2.05) is 20.9 Å². The Morgan fingerprint density at radius 2 is 1.96 bits per heavy atom. The van der Waals surface area contributed by atoms with Crippen molar-refractivity contribution in [3.8, 4) is 0 Å². The zero-order valence-electron chi connectivity index (χ0n) is 14.3. The fourth-order valence-corrected chi connectivity index (χ4v) is 2.39. The fourth-order valence-electron chi connectivity index (χ4n) is 2.39. The molecule has 2 rings (SSSR count). The van der Waals surface area contributed by atoms with Gasteiger partial charge in [-0.15, -0.1) is 0 Å². The first-order valence-corrected chi connectivity index (χ1v) is 7.74. The van der Waals surface area contributed by atoms with Crippen LogP contribution in [0.1, 0.15) is 34.2 Å². The Balaban J connectivity index is 2.04. The maximum absolute atomic E-state index is 12.1. The number of nitrogens with one attached hydrogen (secondary N) is 2. The zero-order valence-corrected chi connectivity index (χ0v) is 14.3. The summed E-state index contributed by atoms with van der Waals surface area (Å²) in [5.41, 5.74) is 3.59. The molecule has 1 aromatic heterocycles. The summed E-state index contributed by atoms with van der Waals surface area (Å²) in [5.74, 6) is -0.465. The number of ether oxygens (including phenoxy) is 1. The summed E-state index contributed by atoms with van der Waals surface area (Å²) in [7, 11) is 1.86. The van der Waals surface area contributed by atoms with E-state index >= 15 is 0 Å². The van der Waals surface area contributed by atoms with Gasteiger partial charge in [0.2, 0.25) is 0 Å². The molecule has 0 aliphatic rings. The number of rotatable bonds is 5. The average Bonchev–Trinajstić information content (AvgIpc) is 2.79. The van der Waals surface area contributed by atoms with Crippen molar-refractivity contribution in [3.05, 3.63) is 46.8 Å². The Labute approximate surface area is 141 Å². The number of para-hydroxylation sites is 1. The number of hydrogen-bond acceptors (Lipinski definition) is 4. The van der Waals surface area contributed by atoms with Gasteiger partial charge in [-0.25, -0.2) is 9.59 Å². The minimum Gasteiger partial charge on any atom is -0.462 e. The summed E-state index contributed by atoms with van der Waals surface area (Å²) in [6.07, 6.45) is 0. The molecule has 0 aliphatic carbocycles. The van der Waals surface area contributed by atoms with Crippen molar-refractivity contribution in [1.82, 2.24) is 15.1 Å². The second-order valence-corrected chi connectivity index (χ2v) is 5.35. The molecule has 0 saturated heterocycles. The highest BCUT2D eigenvalue weighted by Crippen LogP contribution is 2.16. The number of amides is 2. The molecule has 7 nitrogen and oxygen atoms in total. The molecule has 2 N–H and O–H groups in total. The second-order valence-electron chi connectivity index (χ2n) is 5.35. The molecule has 128 valence electrons. The summed E-state index contributed by atoms with van der Waals surface area (Å²) < 4.78 is 6.77. The van der Waals surface area contributed by atoms with Crippen LogP contribution in [-0.2, 0) is 18.3 Å². The van der Waals surface area contributed by atoms with Crippen molar-refractivity contribution in [1.29, 1.82) is 0 Å². The van der Waals surface area contributed by atoms with Gasteiger partial charge in [-0.05, 0) is 32.9 Å². The number of esters is 1. The number of anilines is 1.